The van der Waals surface area contributed by atoms with Crippen molar-refractivity contribution in [3.05, 3.63) is 0 Å². The first-order chi connectivity index (χ1) is 8.85. The second-order valence-corrected chi connectivity index (χ2v) is 5.94. The Bertz CT molecular complexity index is 369. The van der Waals surface area contributed by atoms with Crippen LogP contribution < -0.4 is 5.32 Å². The lowest BCUT2D eigenvalue weighted by molar-refractivity contribution is -0.148. The molecular formula is C13H23N3O3. The number of carboxylic acids is 1. The van der Waals surface area contributed by atoms with Crippen LogP contribution in [0.25, 0.3) is 0 Å². The second-order valence-electron chi connectivity index (χ2n) is 5.94. The minimum absolute atomic E-state index is 0.242. The van der Waals surface area contributed by atoms with Crippen molar-refractivity contribution in [3.8, 4) is 0 Å². The number of likely N-dealkylation sites (N-methyl/N-ethyl adjacent to an activating group) is 1. The quantitative estimate of drug-likeness (QED) is 0.775. The van der Waals surface area contributed by atoms with Gasteiger partial charge in [-0.1, -0.05) is 0 Å². The molecule has 2 amide bonds. The number of aliphatic carboxylic acids is 1. The Labute approximate surface area is 113 Å². The fraction of sp³-hybridized carbons (Fsp3) is 0.846. The monoisotopic (exact) mass is 269 g/mol. The van der Waals surface area contributed by atoms with Crippen molar-refractivity contribution in [1.82, 2.24) is 15.1 Å². The predicted octanol–water partition coefficient (Wildman–Crippen LogP) is 0.728. The van der Waals surface area contributed by atoms with Crippen LogP contribution in [0.3, 0.4) is 0 Å². The highest BCUT2D eigenvalue weighted by molar-refractivity contribution is 5.87. The van der Waals surface area contributed by atoms with Gasteiger partial charge < -0.3 is 15.3 Å². The normalized spacial score (nSPS) is 30.6. The van der Waals surface area contributed by atoms with E-state index in [4.69, 9.17) is 0 Å². The van der Waals surface area contributed by atoms with E-state index < -0.39 is 11.5 Å². The predicted molar refractivity (Wildman–Crippen MR) is 71.0 cm³/mol. The number of nitrogens with one attached hydrogen (secondary N) is 1. The van der Waals surface area contributed by atoms with Gasteiger partial charge in [0.15, 0.2) is 0 Å². The first kappa shape index (κ1) is 14.1. The molecule has 2 unspecified atom stereocenters. The molecule has 0 aromatic carbocycles. The third-order valence-electron chi connectivity index (χ3n) is 4.61. The lowest BCUT2D eigenvalue weighted by Gasteiger charge is -2.45. The largest absolute Gasteiger partial charge is 0.480 e. The maximum Gasteiger partial charge on any atom is 0.329 e. The summed E-state index contributed by atoms with van der Waals surface area (Å²) in [5.74, 6) is -0.915. The Kier molecular flexibility index (Phi) is 3.71. The average molecular weight is 269 g/mol. The molecule has 1 aliphatic carbocycles. The number of amides is 2. The molecule has 0 radical (unpaired) electrons. The molecule has 1 saturated heterocycles. The van der Waals surface area contributed by atoms with Gasteiger partial charge in [-0.05, 0) is 40.2 Å². The molecule has 2 rings (SSSR count). The first-order valence-electron chi connectivity index (χ1n) is 6.88. The highest BCUT2D eigenvalue weighted by Crippen LogP contribution is 2.32. The van der Waals surface area contributed by atoms with Crippen molar-refractivity contribution in [2.75, 3.05) is 20.1 Å². The van der Waals surface area contributed by atoms with Crippen molar-refractivity contribution in [2.24, 2.45) is 0 Å². The van der Waals surface area contributed by atoms with Gasteiger partial charge in [-0.2, -0.15) is 0 Å². The Hall–Kier alpha value is -1.30. The van der Waals surface area contributed by atoms with Gasteiger partial charge in [-0.25, -0.2) is 9.59 Å². The van der Waals surface area contributed by atoms with Gasteiger partial charge in [0.2, 0.25) is 0 Å². The number of nitrogens with zero attached hydrogens (tertiary/aromatic N) is 2. The maximum atomic E-state index is 12.2. The smallest absolute Gasteiger partial charge is 0.329 e. The molecule has 2 fully saturated rings. The Morgan fingerprint density at radius 3 is 2.11 bits per heavy atom. The van der Waals surface area contributed by atoms with Gasteiger partial charge in [-0.3, -0.25) is 4.90 Å². The van der Waals surface area contributed by atoms with E-state index in [9.17, 15) is 14.7 Å². The average Bonchev–Trinajstić information content (AvgIpc) is 2.29. The summed E-state index contributed by atoms with van der Waals surface area (Å²) >= 11 is 0. The molecule has 2 aliphatic rings. The molecule has 1 aliphatic heterocycles. The number of urea groups is 1. The fourth-order valence-corrected chi connectivity index (χ4v) is 2.78. The molecule has 2 N–H and O–H groups in total. The first-order valence-corrected chi connectivity index (χ1v) is 6.88. The number of piperazine rings is 1. The standard InChI is InChI=1S/C13H23N3O3/c1-9-7-16(8-10(2)15(9)3)12(19)14-13(11(17)18)5-4-6-13/h9-10H,4-8H2,1-3H3,(H,14,19)(H,17,18). The fourth-order valence-electron chi connectivity index (χ4n) is 2.78. The van der Waals surface area contributed by atoms with Gasteiger partial charge in [0.05, 0.1) is 0 Å². The number of carbonyl (C=O) groups excluding carboxylic acids is 1. The zero-order chi connectivity index (χ0) is 14.2. The third kappa shape index (κ3) is 2.54. The van der Waals surface area contributed by atoms with Crippen molar-refractivity contribution < 1.29 is 14.7 Å². The molecule has 0 spiro atoms. The van der Waals surface area contributed by atoms with E-state index in [0.29, 0.717) is 25.9 Å². The molecule has 6 heteroatoms. The Morgan fingerprint density at radius 2 is 1.74 bits per heavy atom. The van der Waals surface area contributed by atoms with Gasteiger partial charge in [0.1, 0.15) is 5.54 Å². The van der Waals surface area contributed by atoms with Crippen LogP contribution in [0.2, 0.25) is 0 Å². The SMILES string of the molecule is CC1CN(C(=O)NC2(C(=O)O)CCC2)CC(C)N1C. The third-order valence-corrected chi connectivity index (χ3v) is 4.61. The van der Waals surface area contributed by atoms with Crippen LogP contribution in [0.5, 0.6) is 0 Å². The van der Waals surface area contributed by atoms with Crippen LogP contribution in [0.1, 0.15) is 33.1 Å². The summed E-state index contributed by atoms with van der Waals surface area (Å²) in [5, 5.41) is 12.0. The van der Waals surface area contributed by atoms with Crippen LogP contribution in [0.4, 0.5) is 4.79 Å². The molecule has 2 atom stereocenters. The van der Waals surface area contributed by atoms with E-state index in [0.717, 1.165) is 6.42 Å². The topological polar surface area (TPSA) is 72.9 Å². The Morgan fingerprint density at radius 1 is 1.21 bits per heavy atom. The van der Waals surface area contributed by atoms with Gasteiger partial charge >= 0.3 is 12.0 Å². The van der Waals surface area contributed by atoms with Crippen LogP contribution >= 0.6 is 0 Å². The van der Waals surface area contributed by atoms with Crippen molar-refractivity contribution >= 4 is 12.0 Å². The number of carboxylic acid groups (broad SMARTS) is 1. The van der Waals surface area contributed by atoms with E-state index in [1.807, 2.05) is 0 Å². The van der Waals surface area contributed by atoms with Gasteiger partial charge in [-0.15, -0.1) is 0 Å². The summed E-state index contributed by atoms with van der Waals surface area (Å²) in [6, 6.07) is 0.335. The van der Waals surface area contributed by atoms with E-state index >= 15 is 0 Å². The summed E-state index contributed by atoms with van der Waals surface area (Å²) in [7, 11) is 2.05. The molecule has 108 valence electrons. The zero-order valence-corrected chi connectivity index (χ0v) is 11.8. The summed E-state index contributed by atoms with van der Waals surface area (Å²) in [5.41, 5.74) is -1.02. The molecule has 6 nitrogen and oxygen atoms in total. The summed E-state index contributed by atoms with van der Waals surface area (Å²) in [6.45, 7) is 5.43. The van der Waals surface area contributed by atoms with Crippen molar-refractivity contribution in [3.63, 3.8) is 0 Å². The lowest BCUT2D eigenvalue weighted by atomic mass is 9.77. The van der Waals surface area contributed by atoms with E-state index in [1.165, 1.54) is 0 Å². The minimum atomic E-state index is -1.02. The summed E-state index contributed by atoms with van der Waals surface area (Å²) in [4.78, 5) is 27.5. The molecular weight excluding hydrogens is 246 g/mol. The van der Waals surface area contributed by atoms with Gasteiger partial charge in [0.25, 0.3) is 0 Å². The number of hydrogen-bond acceptors (Lipinski definition) is 3. The maximum absolute atomic E-state index is 12.2. The lowest BCUT2D eigenvalue weighted by Crippen LogP contribution is -2.65. The van der Waals surface area contributed by atoms with E-state index in [2.05, 4.69) is 31.1 Å². The Balaban J connectivity index is 1.99. The van der Waals surface area contributed by atoms with Crippen LogP contribution in [-0.2, 0) is 4.79 Å². The van der Waals surface area contributed by atoms with Crippen molar-refractivity contribution in [1.29, 1.82) is 0 Å². The molecule has 0 aromatic rings. The zero-order valence-electron chi connectivity index (χ0n) is 11.8. The molecule has 0 aromatic heterocycles. The highest BCUT2D eigenvalue weighted by atomic mass is 16.4. The molecule has 19 heavy (non-hydrogen) atoms. The van der Waals surface area contributed by atoms with Crippen LogP contribution in [0, 0.1) is 0 Å². The number of rotatable bonds is 2. The molecule has 0 bridgehead atoms. The second kappa shape index (κ2) is 5.00. The van der Waals surface area contributed by atoms with E-state index in [-0.39, 0.29) is 18.1 Å². The molecule has 1 heterocycles. The van der Waals surface area contributed by atoms with E-state index in [1.54, 1.807) is 4.90 Å². The summed E-state index contributed by atoms with van der Waals surface area (Å²) < 4.78 is 0. The number of carbonyl (C=O) groups is 2. The molecule has 1 saturated carbocycles. The van der Waals surface area contributed by atoms with Gasteiger partial charge in [0, 0.05) is 25.2 Å². The summed E-state index contributed by atoms with van der Waals surface area (Å²) in [6.07, 6.45) is 1.93. The van der Waals surface area contributed by atoms with Crippen LogP contribution in [-0.4, -0.2) is 64.7 Å². The van der Waals surface area contributed by atoms with Crippen LogP contribution in [0.15, 0.2) is 0 Å². The number of hydrogen-bond donors (Lipinski definition) is 2. The van der Waals surface area contributed by atoms with Crippen molar-refractivity contribution in [2.45, 2.75) is 50.7 Å². The highest BCUT2D eigenvalue weighted by Gasteiger charge is 2.46. The minimum Gasteiger partial charge on any atom is -0.480 e.